The maximum absolute atomic E-state index is 6.52. The second kappa shape index (κ2) is 11.0. The molecular formula is C18H27Cl3N4OS. The number of fused-ring (bicyclic) bond motifs is 1. The molecular weight excluding hydrogens is 427 g/mol. The van der Waals surface area contributed by atoms with Crippen molar-refractivity contribution in [3.8, 4) is 0 Å². The van der Waals surface area contributed by atoms with Gasteiger partial charge in [0.05, 0.1) is 21.7 Å². The molecule has 0 atom stereocenters. The third-order valence-electron chi connectivity index (χ3n) is 5.09. The Bertz CT molecular complexity index is 718. The van der Waals surface area contributed by atoms with E-state index in [0.29, 0.717) is 0 Å². The Balaban J connectivity index is 0.00000131. The third-order valence-corrected chi connectivity index (χ3v) is 6.30. The van der Waals surface area contributed by atoms with E-state index in [4.69, 9.17) is 21.3 Å². The van der Waals surface area contributed by atoms with Crippen molar-refractivity contribution >= 4 is 64.9 Å². The SMILES string of the molecule is Cl.Cl.Clc1cc2nc(SCCC3CCOCC3)[nH]c2cc1N1CCNCC1. The molecule has 2 saturated heterocycles. The minimum atomic E-state index is 0. The lowest BCUT2D eigenvalue weighted by atomic mass is 9.98. The molecule has 2 N–H and O–H groups in total. The highest BCUT2D eigenvalue weighted by Gasteiger charge is 2.17. The van der Waals surface area contributed by atoms with Crippen LogP contribution in [0.15, 0.2) is 17.3 Å². The van der Waals surface area contributed by atoms with E-state index >= 15 is 0 Å². The first-order chi connectivity index (χ1) is 12.3. The van der Waals surface area contributed by atoms with Gasteiger partial charge >= 0.3 is 0 Å². The number of thioether (sulfide) groups is 1. The summed E-state index contributed by atoms with van der Waals surface area (Å²) >= 11 is 8.33. The molecule has 3 heterocycles. The van der Waals surface area contributed by atoms with E-state index in [1.54, 1.807) is 0 Å². The van der Waals surface area contributed by atoms with Crippen molar-refractivity contribution in [2.24, 2.45) is 5.92 Å². The highest BCUT2D eigenvalue weighted by molar-refractivity contribution is 7.99. The van der Waals surface area contributed by atoms with Crippen molar-refractivity contribution in [1.82, 2.24) is 15.3 Å². The Morgan fingerprint density at radius 2 is 1.93 bits per heavy atom. The number of ether oxygens (including phenoxy) is 1. The van der Waals surface area contributed by atoms with Crippen molar-refractivity contribution in [1.29, 1.82) is 0 Å². The van der Waals surface area contributed by atoms with E-state index in [2.05, 4.69) is 21.3 Å². The van der Waals surface area contributed by atoms with Gasteiger partial charge in [-0.05, 0) is 37.3 Å². The number of aromatic amines is 1. The number of benzene rings is 1. The summed E-state index contributed by atoms with van der Waals surface area (Å²) < 4.78 is 5.43. The number of rotatable bonds is 5. The zero-order chi connectivity index (χ0) is 17.1. The average Bonchev–Trinajstić information content (AvgIpc) is 3.04. The van der Waals surface area contributed by atoms with E-state index < -0.39 is 0 Å². The number of halogens is 3. The minimum Gasteiger partial charge on any atom is -0.381 e. The van der Waals surface area contributed by atoms with Gasteiger partial charge < -0.3 is 19.9 Å². The first-order valence-corrected chi connectivity index (χ1v) is 10.5. The van der Waals surface area contributed by atoms with Crippen LogP contribution in [-0.2, 0) is 4.74 Å². The molecule has 9 heteroatoms. The highest BCUT2D eigenvalue weighted by atomic mass is 35.5. The molecule has 4 rings (SSSR count). The van der Waals surface area contributed by atoms with E-state index in [0.717, 1.165) is 78.0 Å². The number of hydrogen-bond acceptors (Lipinski definition) is 5. The molecule has 0 radical (unpaired) electrons. The van der Waals surface area contributed by atoms with E-state index in [1.807, 2.05) is 17.8 Å². The lowest BCUT2D eigenvalue weighted by molar-refractivity contribution is 0.0657. The fourth-order valence-corrected chi connectivity index (χ4v) is 4.84. The fourth-order valence-electron chi connectivity index (χ4n) is 3.57. The number of aromatic nitrogens is 2. The molecule has 0 aliphatic carbocycles. The largest absolute Gasteiger partial charge is 0.381 e. The molecule has 0 unspecified atom stereocenters. The lowest BCUT2D eigenvalue weighted by Gasteiger charge is -2.30. The van der Waals surface area contributed by atoms with Crippen LogP contribution in [-0.4, -0.2) is 55.1 Å². The molecule has 2 fully saturated rings. The zero-order valence-electron chi connectivity index (χ0n) is 15.2. The van der Waals surface area contributed by atoms with Crippen LogP contribution in [0.3, 0.4) is 0 Å². The van der Waals surface area contributed by atoms with Crippen molar-refractivity contribution in [3.05, 3.63) is 17.2 Å². The molecule has 27 heavy (non-hydrogen) atoms. The van der Waals surface area contributed by atoms with Gasteiger partial charge in [-0.1, -0.05) is 23.4 Å². The standard InChI is InChI=1S/C18H25ClN4OS.2ClH/c19-14-11-15-16(12-17(14)23-6-4-20-5-7-23)22-18(21-15)25-10-3-13-1-8-24-9-2-13;;/h11-13,20H,1-10H2,(H,21,22);2*1H. The third kappa shape index (κ3) is 5.81. The number of hydrogen-bond donors (Lipinski definition) is 2. The molecule has 1 aromatic heterocycles. The van der Waals surface area contributed by atoms with Crippen LogP contribution < -0.4 is 10.2 Å². The van der Waals surface area contributed by atoms with Gasteiger partial charge in [0.2, 0.25) is 0 Å². The molecule has 2 aliphatic heterocycles. The quantitative estimate of drug-likeness (QED) is 0.658. The van der Waals surface area contributed by atoms with Gasteiger partial charge in [-0.2, -0.15) is 0 Å². The smallest absolute Gasteiger partial charge is 0.166 e. The molecule has 0 bridgehead atoms. The first-order valence-electron chi connectivity index (χ1n) is 9.15. The number of imidazole rings is 1. The van der Waals surface area contributed by atoms with Gasteiger partial charge in [-0.15, -0.1) is 24.8 Å². The number of anilines is 1. The first kappa shape index (κ1) is 22.9. The normalized spacial score (nSPS) is 18.2. The molecule has 2 aliphatic rings. The van der Waals surface area contributed by atoms with Crippen LogP contribution in [0.1, 0.15) is 19.3 Å². The Kier molecular flexibility index (Phi) is 9.32. The maximum Gasteiger partial charge on any atom is 0.166 e. The molecule has 2 aromatic rings. The Hall–Kier alpha value is -0.370. The van der Waals surface area contributed by atoms with Gasteiger partial charge in [-0.25, -0.2) is 4.98 Å². The van der Waals surface area contributed by atoms with Crippen molar-refractivity contribution in [2.75, 3.05) is 50.0 Å². The van der Waals surface area contributed by atoms with Gasteiger partial charge in [0.15, 0.2) is 5.16 Å². The summed E-state index contributed by atoms with van der Waals surface area (Å²) in [5, 5.41) is 5.17. The Morgan fingerprint density at radius 3 is 2.67 bits per heavy atom. The summed E-state index contributed by atoms with van der Waals surface area (Å²) in [7, 11) is 0. The lowest BCUT2D eigenvalue weighted by Crippen LogP contribution is -2.43. The van der Waals surface area contributed by atoms with Crippen LogP contribution in [0.4, 0.5) is 5.69 Å². The Labute approximate surface area is 182 Å². The van der Waals surface area contributed by atoms with Crippen molar-refractivity contribution in [2.45, 2.75) is 24.4 Å². The predicted octanol–water partition coefficient (Wildman–Crippen LogP) is 4.38. The van der Waals surface area contributed by atoms with Crippen LogP contribution in [0.5, 0.6) is 0 Å². The molecule has 0 spiro atoms. The number of nitrogens with one attached hydrogen (secondary N) is 2. The molecule has 0 amide bonds. The number of piperazine rings is 1. The van der Waals surface area contributed by atoms with Gasteiger partial charge in [0.25, 0.3) is 0 Å². The monoisotopic (exact) mass is 452 g/mol. The predicted molar refractivity (Wildman–Crippen MR) is 120 cm³/mol. The highest BCUT2D eigenvalue weighted by Crippen LogP contribution is 2.32. The second-order valence-electron chi connectivity index (χ2n) is 6.79. The summed E-state index contributed by atoms with van der Waals surface area (Å²) in [5.41, 5.74) is 3.14. The second-order valence-corrected chi connectivity index (χ2v) is 8.28. The molecule has 0 saturated carbocycles. The van der Waals surface area contributed by atoms with E-state index in [-0.39, 0.29) is 24.8 Å². The number of H-pyrrole nitrogens is 1. The van der Waals surface area contributed by atoms with Gasteiger partial charge in [-0.3, -0.25) is 0 Å². The summed E-state index contributed by atoms with van der Waals surface area (Å²) in [4.78, 5) is 10.5. The summed E-state index contributed by atoms with van der Waals surface area (Å²) in [6.07, 6.45) is 3.63. The number of nitrogens with zero attached hydrogens (tertiary/aromatic N) is 2. The Morgan fingerprint density at radius 1 is 1.19 bits per heavy atom. The zero-order valence-corrected chi connectivity index (χ0v) is 18.4. The van der Waals surface area contributed by atoms with Crippen LogP contribution in [0, 0.1) is 5.92 Å². The van der Waals surface area contributed by atoms with Gasteiger partial charge in [0, 0.05) is 45.1 Å². The van der Waals surface area contributed by atoms with Crippen LogP contribution >= 0.6 is 48.2 Å². The maximum atomic E-state index is 6.52. The fraction of sp³-hybridized carbons (Fsp3) is 0.611. The van der Waals surface area contributed by atoms with Crippen LogP contribution in [0.25, 0.3) is 11.0 Å². The van der Waals surface area contributed by atoms with Gasteiger partial charge in [0.1, 0.15) is 0 Å². The van der Waals surface area contributed by atoms with E-state index in [1.165, 1.54) is 19.3 Å². The molecule has 152 valence electrons. The van der Waals surface area contributed by atoms with E-state index in [9.17, 15) is 0 Å². The minimum absolute atomic E-state index is 0. The summed E-state index contributed by atoms with van der Waals surface area (Å²) in [6, 6.07) is 4.14. The topological polar surface area (TPSA) is 53.2 Å². The summed E-state index contributed by atoms with van der Waals surface area (Å²) in [6.45, 7) is 5.84. The molecule has 5 nitrogen and oxygen atoms in total. The van der Waals surface area contributed by atoms with Crippen LogP contribution in [0.2, 0.25) is 5.02 Å². The summed E-state index contributed by atoms with van der Waals surface area (Å²) in [5.74, 6) is 1.91. The molecule has 1 aromatic carbocycles. The van der Waals surface area contributed by atoms with Crippen molar-refractivity contribution in [3.63, 3.8) is 0 Å². The van der Waals surface area contributed by atoms with Crippen molar-refractivity contribution < 1.29 is 4.74 Å². The average molecular weight is 454 g/mol.